The molecule has 3 heterocycles. The highest BCUT2D eigenvalue weighted by Crippen LogP contribution is 2.43. The van der Waals surface area contributed by atoms with Gasteiger partial charge in [0, 0.05) is 23.7 Å². The minimum atomic E-state index is -0.567. The molecule has 1 N–H and O–H groups in total. The quantitative estimate of drug-likeness (QED) is 0.653. The number of ether oxygens (including phenoxy) is 1. The molecule has 5 rings (SSSR count). The molecule has 1 amide bonds. The van der Waals surface area contributed by atoms with Crippen LogP contribution in [0.3, 0.4) is 0 Å². The molecule has 146 valence electrons. The van der Waals surface area contributed by atoms with Crippen molar-refractivity contribution in [2.45, 2.75) is 44.1 Å². The van der Waals surface area contributed by atoms with Crippen LogP contribution in [-0.2, 0) is 0 Å². The maximum atomic E-state index is 12.0. The summed E-state index contributed by atoms with van der Waals surface area (Å²) in [5, 5.41) is 3.96. The van der Waals surface area contributed by atoms with Crippen molar-refractivity contribution in [2.24, 2.45) is 0 Å². The van der Waals surface area contributed by atoms with E-state index in [0.717, 1.165) is 16.3 Å². The van der Waals surface area contributed by atoms with Crippen LogP contribution in [0.25, 0.3) is 10.2 Å². The summed E-state index contributed by atoms with van der Waals surface area (Å²) in [5.74, 6) is 0.747. The van der Waals surface area contributed by atoms with E-state index in [1.165, 1.54) is 56.5 Å². The summed E-state index contributed by atoms with van der Waals surface area (Å²) in [6, 6.07) is 9.77. The molecule has 28 heavy (non-hydrogen) atoms. The number of aromatic nitrogens is 1. The summed E-state index contributed by atoms with van der Waals surface area (Å²) in [6.45, 7) is 2.53. The number of furan rings is 1. The van der Waals surface area contributed by atoms with Crippen molar-refractivity contribution in [3.05, 3.63) is 41.6 Å². The van der Waals surface area contributed by atoms with E-state index in [0.29, 0.717) is 11.6 Å². The van der Waals surface area contributed by atoms with Crippen LogP contribution < -0.4 is 10.1 Å². The molecule has 0 bridgehead atoms. The lowest BCUT2D eigenvalue weighted by Gasteiger charge is -2.43. The molecule has 0 unspecified atom stereocenters. The lowest BCUT2D eigenvalue weighted by atomic mass is 9.79. The van der Waals surface area contributed by atoms with Crippen molar-refractivity contribution in [1.82, 2.24) is 9.88 Å². The summed E-state index contributed by atoms with van der Waals surface area (Å²) in [7, 11) is 0. The average molecular weight is 398 g/mol. The summed E-state index contributed by atoms with van der Waals surface area (Å²) < 4.78 is 11.2. The highest BCUT2D eigenvalue weighted by Gasteiger charge is 2.36. The van der Waals surface area contributed by atoms with Crippen LogP contribution in [0.15, 0.2) is 41.0 Å². The van der Waals surface area contributed by atoms with E-state index < -0.39 is 6.09 Å². The van der Waals surface area contributed by atoms with Gasteiger partial charge in [-0.15, -0.1) is 11.3 Å². The first-order chi connectivity index (χ1) is 13.7. The monoisotopic (exact) mass is 397 g/mol. The second-order valence-electron chi connectivity index (χ2n) is 7.60. The van der Waals surface area contributed by atoms with Crippen molar-refractivity contribution in [3.63, 3.8) is 0 Å². The van der Waals surface area contributed by atoms with Gasteiger partial charge in [0.1, 0.15) is 0 Å². The lowest BCUT2D eigenvalue weighted by molar-refractivity contribution is 0.0888. The van der Waals surface area contributed by atoms with Crippen molar-refractivity contribution >= 4 is 33.3 Å². The second kappa shape index (κ2) is 7.56. The number of fused-ring (bicyclic) bond motifs is 1. The van der Waals surface area contributed by atoms with Gasteiger partial charge >= 0.3 is 6.09 Å². The molecule has 1 aliphatic heterocycles. The Labute approximate surface area is 167 Å². The number of benzene rings is 1. The lowest BCUT2D eigenvalue weighted by Crippen LogP contribution is -2.46. The van der Waals surface area contributed by atoms with Crippen LogP contribution >= 0.6 is 11.3 Å². The molecular formula is C21H23N3O3S. The number of hydrogen-bond donors (Lipinski definition) is 1. The fourth-order valence-electron chi connectivity index (χ4n) is 4.12. The van der Waals surface area contributed by atoms with Gasteiger partial charge in [-0.2, -0.15) is 0 Å². The second-order valence-corrected chi connectivity index (χ2v) is 8.66. The summed E-state index contributed by atoms with van der Waals surface area (Å²) in [4.78, 5) is 19.5. The SMILES string of the molecule is O=C(Nc1ccc2nc([C@H]3C[C@H](N4CCCCC4)C3)sc2c1)Oc1ccco1. The zero-order valence-electron chi connectivity index (χ0n) is 15.6. The third kappa shape index (κ3) is 3.64. The van der Waals surface area contributed by atoms with Gasteiger partial charge < -0.3 is 14.1 Å². The zero-order valence-corrected chi connectivity index (χ0v) is 16.4. The van der Waals surface area contributed by atoms with E-state index in [4.69, 9.17) is 14.1 Å². The normalized spacial score (nSPS) is 22.7. The molecule has 0 atom stereocenters. The minimum absolute atomic E-state index is 0.173. The van der Waals surface area contributed by atoms with E-state index >= 15 is 0 Å². The van der Waals surface area contributed by atoms with Crippen LogP contribution in [0, 0.1) is 0 Å². The molecule has 2 fully saturated rings. The van der Waals surface area contributed by atoms with Crippen molar-refractivity contribution < 1.29 is 13.9 Å². The Morgan fingerprint density at radius 1 is 1.21 bits per heavy atom. The zero-order chi connectivity index (χ0) is 18.9. The maximum absolute atomic E-state index is 12.0. The molecule has 0 spiro atoms. The van der Waals surface area contributed by atoms with Gasteiger partial charge in [-0.1, -0.05) is 6.42 Å². The highest BCUT2D eigenvalue weighted by molar-refractivity contribution is 7.18. The van der Waals surface area contributed by atoms with E-state index in [1.54, 1.807) is 23.5 Å². The Morgan fingerprint density at radius 2 is 2.07 bits per heavy atom. The smallest absolute Gasteiger partial charge is 0.419 e. The number of nitrogens with zero attached hydrogens (tertiary/aromatic N) is 2. The highest BCUT2D eigenvalue weighted by atomic mass is 32.1. The first-order valence-corrected chi connectivity index (χ1v) is 10.7. The number of anilines is 1. The summed E-state index contributed by atoms with van der Waals surface area (Å²) >= 11 is 1.74. The fraction of sp³-hybridized carbons (Fsp3) is 0.429. The van der Waals surface area contributed by atoms with Gasteiger partial charge in [0.15, 0.2) is 0 Å². The average Bonchev–Trinajstić information content (AvgIpc) is 3.30. The number of carbonyl (C=O) groups excluding carboxylic acids is 1. The third-order valence-electron chi connectivity index (χ3n) is 5.71. The Morgan fingerprint density at radius 3 is 2.86 bits per heavy atom. The van der Waals surface area contributed by atoms with Gasteiger partial charge in [-0.3, -0.25) is 5.32 Å². The summed E-state index contributed by atoms with van der Waals surface area (Å²) in [6.07, 6.45) is 7.42. The first-order valence-electron chi connectivity index (χ1n) is 9.91. The molecule has 1 aromatic carbocycles. The number of likely N-dealkylation sites (tertiary alicyclic amines) is 1. The number of hydrogen-bond acceptors (Lipinski definition) is 6. The number of carbonyl (C=O) groups is 1. The Bertz CT molecular complexity index is 957. The predicted octanol–water partition coefficient (Wildman–Crippen LogP) is 5.23. The minimum Gasteiger partial charge on any atom is -0.434 e. The first kappa shape index (κ1) is 17.7. The molecular weight excluding hydrogens is 374 g/mol. The van der Waals surface area contributed by atoms with E-state index in [9.17, 15) is 4.79 Å². The fourth-order valence-corrected chi connectivity index (χ4v) is 5.25. The van der Waals surface area contributed by atoms with Crippen LogP contribution in [0.4, 0.5) is 10.5 Å². The standard InChI is InChI=1S/C21H23N3O3S/c25-21(27-19-5-4-10-26-19)22-15-6-7-17-18(13-15)28-20(23-17)14-11-16(12-14)24-8-2-1-3-9-24/h4-7,10,13-14,16H,1-3,8-9,11-12H2,(H,22,25)/t14-,16-. The number of rotatable bonds is 4. The van der Waals surface area contributed by atoms with E-state index in [-0.39, 0.29) is 5.95 Å². The van der Waals surface area contributed by atoms with Gasteiger partial charge in [-0.25, -0.2) is 9.78 Å². The molecule has 2 aliphatic rings. The molecule has 1 saturated heterocycles. The molecule has 1 aliphatic carbocycles. The van der Waals surface area contributed by atoms with Crippen LogP contribution in [0.2, 0.25) is 0 Å². The van der Waals surface area contributed by atoms with E-state index in [1.807, 2.05) is 18.2 Å². The van der Waals surface area contributed by atoms with Crippen LogP contribution in [-0.4, -0.2) is 35.1 Å². The number of amides is 1. The molecule has 3 aromatic rings. The van der Waals surface area contributed by atoms with Gasteiger partial charge in [-0.05, 0) is 63.0 Å². The molecule has 6 nitrogen and oxygen atoms in total. The van der Waals surface area contributed by atoms with Crippen molar-refractivity contribution in [1.29, 1.82) is 0 Å². The number of piperidine rings is 1. The van der Waals surface area contributed by atoms with Crippen LogP contribution in [0.1, 0.15) is 43.0 Å². The third-order valence-corrected chi connectivity index (χ3v) is 6.89. The predicted molar refractivity (Wildman–Crippen MR) is 109 cm³/mol. The van der Waals surface area contributed by atoms with Gasteiger partial charge in [0.05, 0.1) is 21.5 Å². The Hall–Kier alpha value is -2.38. The van der Waals surface area contributed by atoms with E-state index in [2.05, 4.69) is 10.2 Å². The Balaban J connectivity index is 1.22. The largest absolute Gasteiger partial charge is 0.434 e. The van der Waals surface area contributed by atoms with Crippen molar-refractivity contribution in [2.75, 3.05) is 18.4 Å². The summed E-state index contributed by atoms with van der Waals surface area (Å²) in [5.41, 5.74) is 1.69. The number of thiazole rings is 1. The molecule has 0 radical (unpaired) electrons. The molecule has 7 heteroatoms. The van der Waals surface area contributed by atoms with Crippen LogP contribution in [0.5, 0.6) is 5.95 Å². The van der Waals surface area contributed by atoms with Crippen molar-refractivity contribution in [3.8, 4) is 5.95 Å². The van der Waals surface area contributed by atoms with Gasteiger partial charge in [0.25, 0.3) is 5.95 Å². The molecule has 2 aromatic heterocycles. The molecule has 1 saturated carbocycles. The Kier molecular flexibility index (Phi) is 4.78. The van der Waals surface area contributed by atoms with Gasteiger partial charge in [0.2, 0.25) is 0 Å². The number of nitrogens with one attached hydrogen (secondary N) is 1. The topological polar surface area (TPSA) is 67.6 Å². The maximum Gasteiger partial charge on any atom is 0.419 e.